The van der Waals surface area contributed by atoms with E-state index in [0.717, 1.165) is 0 Å². The van der Waals surface area contributed by atoms with Gasteiger partial charge in [-0.3, -0.25) is 0 Å². The van der Waals surface area contributed by atoms with Crippen molar-refractivity contribution in [2.45, 2.75) is 18.1 Å². The fourth-order valence-electron chi connectivity index (χ4n) is 0.819. The van der Waals surface area contributed by atoms with E-state index in [-0.39, 0.29) is 0 Å². The fourth-order valence-corrected chi connectivity index (χ4v) is 2.82. The normalized spacial score (nSPS) is 13.0. The Balaban J connectivity index is 2.75. The molecule has 0 heterocycles. The summed E-state index contributed by atoms with van der Waals surface area (Å²) in [7, 11) is 0. The van der Waals surface area contributed by atoms with Crippen LogP contribution in [-0.2, 0) is 0 Å². The molecular formula is C9H13Se+. The Bertz CT molecular complexity index is 181. The summed E-state index contributed by atoms with van der Waals surface area (Å²) in [4.78, 5) is 0. The molecule has 0 aliphatic carbocycles. The molecule has 1 heteroatoms. The van der Waals surface area contributed by atoms with E-state index in [1.165, 1.54) is 5.32 Å². The van der Waals surface area contributed by atoms with Crippen molar-refractivity contribution in [3.8, 4) is 0 Å². The Hall–Kier alpha value is -0.261. The Morgan fingerprint density at radius 3 is 2.30 bits per heavy atom. The van der Waals surface area contributed by atoms with Gasteiger partial charge in [0, 0.05) is 0 Å². The molecule has 0 aliphatic heterocycles. The second-order valence-corrected chi connectivity index (χ2v) is 7.11. The van der Waals surface area contributed by atoms with E-state index < -0.39 is 13.9 Å². The van der Waals surface area contributed by atoms with Gasteiger partial charge in [-0.25, -0.2) is 0 Å². The zero-order valence-electron chi connectivity index (χ0n) is 6.50. The molecular weight excluding hydrogens is 187 g/mol. The summed E-state index contributed by atoms with van der Waals surface area (Å²) in [6.07, 6.45) is 0. The Labute approximate surface area is 67.2 Å². The van der Waals surface area contributed by atoms with Crippen molar-refractivity contribution >= 4 is 18.4 Å². The van der Waals surface area contributed by atoms with E-state index in [9.17, 15) is 0 Å². The molecule has 0 bridgehead atoms. The summed E-state index contributed by atoms with van der Waals surface area (Å²) in [5, 5.41) is 1.35. The van der Waals surface area contributed by atoms with Crippen LogP contribution in [0.5, 0.6) is 0 Å². The Kier molecular flexibility index (Phi) is 2.98. The van der Waals surface area contributed by atoms with Crippen molar-refractivity contribution in [2.24, 2.45) is 0 Å². The van der Waals surface area contributed by atoms with Crippen LogP contribution in [0.15, 0.2) is 30.3 Å². The van der Waals surface area contributed by atoms with Gasteiger partial charge in [-0.2, -0.15) is 0 Å². The van der Waals surface area contributed by atoms with Crippen LogP contribution in [0.2, 0.25) is 11.1 Å². The molecule has 1 atom stereocenters. The maximum atomic E-state index is 2.38. The molecule has 0 aromatic heterocycles. The molecule has 0 fully saturated rings. The van der Waals surface area contributed by atoms with Crippen molar-refractivity contribution in [1.82, 2.24) is 0 Å². The Morgan fingerprint density at radius 1 is 1.20 bits per heavy atom. The van der Waals surface area contributed by atoms with E-state index >= 15 is 0 Å². The zero-order valence-corrected chi connectivity index (χ0v) is 8.22. The van der Waals surface area contributed by atoms with Gasteiger partial charge in [0.1, 0.15) is 0 Å². The molecule has 0 spiro atoms. The summed E-state index contributed by atoms with van der Waals surface area (Å²) < 4.78 is 1.57. The van der Waals surface area contributed by atoms with Gasteiger partial charge in [-0.15, -0.1) is 0 Å². The van der Waals surface area contributed by atoms with Crippen LogP contribution < -0.4 is 4.46 Å². The maximum absolute atomic E-state index is 2.38. The minimum atomic E-state index is -0.415. The first kappa shape index (κ1) is 7.84. The van der Waals surface area contributed by atoms with Crippen molar-refractivity contribution in [3.63, 3.8) is 0 Å². The second kappa shape index (κ2) is 3.80. The van der Waals surface area contributed by atoms with E-state index in [1.807, 2.05) is 0 Å². The predicted molar refractivity (Wildman–Crippen MR) is 48.2 cm³/mol. The van der Waals surface area contributed by atoms with E-state index in [1.54, 1.807) is 4.46 Å². The van der Waals surface area contributed by atoms with Gasteiger partial charge in [0.2, 0.25) is 0 Å². The first-order valence-electron chi connectivity index (χ1n) is 3.52. The van der Waals surface area contributed by atoms with E-state index in [4.69, 9.17) is 0 Å². The molecule has 0 saturated heterocycles. The molecule has 54 valence electrons. The number of rotatable bonds is 2. The van der Waals surface area contributed by atoms with Gasteiger partial charge < -0.3 is 0 Å². The van der Waals surface area contributed by atoms with E-state index in [0.29, 0.717) is 0 Å². The summed E-state index contributed by atoms with van der Waals surface area (Å²) in [5.41, 5.74) is 0. The molecule has 0 amide bonds. The van der Waals surface area contributed by atoms with Gasteiger partial charge in [0.05, 0.1) is 0 Å². The third kappa shape index (κ3) is 1.86. The molecule has 0 saturated carbocycles. The zero-order chi connectivity index (χ0) is 7.40. The predicted octanol–water partition coefficient (Wildman–Crippen LogP) is 2.04. The summed E-state index contributed by atoms with van der Waals surface area (Å²) in [5.74, 6) is 2.38. The molecule has 1 rings (SSSR count). The SMILES string of the molecule is CC[Se+](C)c1ccccc1. The van der Waals surface area contributed by atoms with Crippen LogP contribution in [-0.4, -0.2) is 13.9 Å². The fraction of sp³-hybridized carbons (Fsp3) is 0.333. The monoisotopic (exact) mass is 201 g/mol. The van der Waals surface area contributed by atoms with Crippen LogP contribution in [0, 0.1) is 0 Å². The van der Waals surface area contributed by atoms with Gasteiger partial charge >= 0.3 is 66.8 Å². The molecule has 1 aromatic carbocycles. The van der Waals surface area contributed by atoms with Crippen LogP contribution in [0.25, 0.3) is 0 Å². The van der Waals surface area contributed by atoms with Crippen LogP contribution in [0.4, 0.5) is 0 Å². The first-order valence-corrected chi connectivity index (χ1v) is 7.30. The summed E-state index contributed by atoms with van der Waals surface area (Å²) >= 11 is -0.415. The molecule has 0 radical (unpaired) electrons. The third-order valence-electron chi connectivity index (χ3n) is 1.58. The van der Waals surface area contributed by atoms with E-state index in [2.05, 4.69) is 43.1 Å². The number of hydrogen-bond donors (Lipinski definition) is 0. The van der Waals surface area contributed by atoms with Crippen LogP contribution in [0.1, 0.15) is 6.92 Å². The van der Waals surface area contributed by atoms with Gasteiger partial charge in [-0.05, 0) is 0 Å². The number of benzene rings is 1. The average molecular weight is 200 g/mol. The number of hydrogen-bond acceptors (Lipinski definition) is 0. The quantitative estimate of drug-likeness (QED) is 0.641. The van der Waals surface area contributed by atoms with Gasteiger partial charge in [0.15, 0.2) is 0 Å². The average Bonchev–Trinajstić information content (AvgIpc) is 2.05. The standard InChI is InChI=1S/C9H13Se/c1-3-10(2)9-7-5-4-6-8-9/h4-8H,3H2,1-2H3/q+1. The van der Waals surface area contributed by atoms with Gasteiger partial charge in [0.25, 0.3) is 0 Å². The first-order chi connectivity index (χ1) is 4.84. The minimum absolute atomic E-state index is 0.415. The molecule has 10 heavy (non-hydrogen) atoms. The van der Waals surface area contributed by atoms with Crippen LogP contribution >= 0.6 is 0 Å². The molecule has 0 N–H and O–H groups in total. The van der Waals surface area contributed by atoms with Crippen molar-refractivity contribution < 1.29 is 0 Å². The van der Waals surface area contributed by atoms with Gasteiger partial charge in [-0.1, -0.05) is 0 Å². The van der Waals surface area contributed by atoms with Crippen molar-refractivity contribution in [3.05, 3.63) is 30.3 Å². The second-order valence-electron chi connectivity index (χ2n) is 2.24. The molecule has 1 unspecified atom stereocenters. The molecule has 0 nitrogen and oxygen atoms in total. The summed E-state index contributed by atoms with van der Waals surface area (Å²) in [6, 6.07) is 10.8. The van der Waals surface area contributed by atoms with Crippen molar-refractivity contribution in [1.29, 1.82) is 0 Å². The third-order valence-corrected chi connectivity index (χ3v) is 5.65. The Morgan fingerprint density at radius 2 is 1.80 bits per heavy atom. The molecule has 0 aliphatic rings. The van der Waals surface area contributed by atoms with Crippen LogP contribution in [0.3, 0.4) is 0 Å². The topological polar surface area (TPSA) is 0 Å². The molecule has 1 aromatic rings. The van der Waals surface area contributed by atoms with Crippen molar-refractivity contribution in [2.75, 3.05) is 0 Å². The summed E-state index contributed by atoms with van der Waals surface area (Å²) in [6.45, 7) is 2.28.